The van der Waals surface area contributed by atoms with Gasteiger partial charge in [-0.15, -0.1) is 0 Å². The zero-order chi connectivity index (χ0) is 11.8. The third-order valence-electron chi connectivity index (χ3n) is 2.13. The van der Waals surface area contributed by atoms with E-state index in [0.717, 1.165) is 6.54 Å². The Morgan fingerprint density at radius 3 is 2.75 bits per heavy atom. The van der Waals surface area contributed by atoms with Gasteiger partial charge in [0.1, 0.15) is 0 Å². The lowest BCUT2D eigenvalue weighted by Crippen LogP contribution is -2.31. The van der Waals surface area contributed by atoms with Crippen molar-refractivity contribution in [3.05, 3.63) is 35.9 Å². The van der Waals surface area contributed by atoms with Gasteiger partial charge in [0.15, 0.2) is 5.11 Å². The van der Waals surface area contributed by atoms with E-state index >= 15 is 0 Å². The monoisotopic (exact) mass is 235 g/mol. The molecule has 0 amide bonds. The molecule has 0 heterocycles. The number of hydrogen-bond acceptors (Lipinski definition) is 2. The molecule has 4 heteroatoms. The summed E-state index contributed by atoms with van der Waals surface area (Å²) in [7, 11) is 0. The molecule has 0 aliphatic heterocycles. The first-order valence-electron chi connectivity index (χ1n) is 5.36. The van der Waals surface area contributed by atoms with Crippen LogP contribution in [0.2, 0.25) is 0 Å². The van der Waals surface area contributed by atoms with Gasteiger partial charge in [0.25, 0.3) is 0 Å². The highest BCUT2D eigenvalue weighted by Crippen LogP contribution is 2.11. The summed E-state index contributed by atoms with van der Waals surface area (Å²) < 4.78 is 0. The van der Waals surface area contributed by atoms with Gasteiger partial charge in [-0.05, 0) is 24.7 Å². The number of nitrogens with zero attached hydrogens (tertiary/aromatic N) is 1. The normalized spacial score (nSPS) is 12.4. The van der Waals surface area contributed by atoms with Crippen LogP contribution in [0.5, 0.6) is 0 Å². The molecule has 1 atom stereocenters. The molecular formula is C12H17N3S. The summed E-state index contributed by atoms with van der Waals surface area (Å²) >= 11 is 4.99. The highest BCUT2D eigenvalue weighted by Gasteiger charge is 2.00. The van der Waals surface area contributed by atoms with E-state index in [2.05, 4.69) is 34.9 Å². The van der Waals surface area contributed by atoms with Crippen molar-refractivity contribution in [1.29, 1.82) is 0 Å². The zero-order valence-electron chi connectivity index (χ0n) is 9.60. The molecule has 0 saturated carbocycles. The molecule has 3 nitrogen and oxygen atoms in total. The topological polar surface area (TPSA) is 36.4 Å². The fourth-order valence-corrected chi connectivity index (χ4v) is 1.45. The van der Waals surface area contributed by atoms with Gasteiger partial charge < -0.3 is 5.32 Å². The molecule has 0 aliphatic rings. The van der Waals surface area contributed by atoms with Crippen molar-refractivity contribution in [3.63, 3.8) is 0 Å². The molecule has 16 heavy (non-hydrogen) atoms. The van der Waals surface area contributed by atoms with E-state index in [4.69, 9.17) is 12.2 Å². The van der Waals surface area contributed by atoms with Crippen molar-refractivity contribution in [2.24, 2.45) is 5.10 Å². The lowest BCUT2D eigenvalue weighted by Gasteiger charge is -2.06. The van der Waals surface area contributed by atoms with Crippen molar-refractivity contribution in [1.82, 2.24) is 10.7 Å². The van der Waals surface area contributed by atoms with Crippen LogP contribution in [0.1, 0.15) is 25.3 Å². The van der Waals surface area contributed by atoms with E-state index in [1.165, 1.54) is 5.56 Å². The van der Waals surface area contributed by atoms with Gasteiger partial charge in [-0.3, -0.25) is 5.43 Å². The van der Waals surface area contributed by atoms with Crippen LogP contribution in [0.4, 0.5) is 0 Å². The summed E-state index contributed by atoms with van der Waals surface area (Å²) in [6.45, 7) is 4.89. The fraction of sp³-hybridized carbons (Fsp3) is 0.333. The highest BCUT2D eigenvalue weighted by atomic mass is 32.1. The maximum Gasteiger partial charge on any atom is 0.186 e. The molecule has 1 rings (SSSR count). The van der Waals surface area contributed by atoms with Crippen molar-refractivity contribution in [2.75, 3.05) is 6.54 Å². The largest absolute Gasteiger partial charge is 0.362 e. The Morgan fingerprint density at radius 2 is 2.12 bits per heavy atom. The SMILES string of the molecule is CCNC(=S)N/N=C\[C@@H](C)c1ccccc1. The molecule has 0 bridgehead atoms. The van der Waals surface area contributed by atoms with Crippen LogP contribution in [0.25, 0.3) is 0 Å². The molecule has 0 radical (unpaired) electrons. The van der Waals surface area contributed by atoms with E-state index < -0.39 is 0 Å². The predicted molar refractivity (Wildman–Crippen MR) is 72.8 cm³/mol. The van der Waals surface area contributed by atoms with Crippen LogP contribution in [0.15, 0.2) is 35.4 Å². The molecule has 0 aromatic heterocycles. The van der Waals surface area contributed by atoms with Gasteiger partial charge in [0, 0.05) is 18.7 Å². The second-order valence-electron chi connectivity index (χ2n) is 3.45. The Kier molecular flexibility index (Phi) is 5.50. The van der Waals surface area contributed by atoms with Crippen molar-refractivity contribution in [3.8, 4) is 0 Å². The van der Waals surface area contributed by atoms with Crippen LogP contribution in [0, 0.1) is 0 Å². The Balaban J connectivity index is 2.43. The number of thiocarbonyl (C=S) groups is 1. The summed E-state index contributed by atoms with van der Waals surface area (Å²) in [6, 6.07) is 10.2. The van der Waals surface area contributed by atoms with Crippen LogP contribution in [0.3, 0.4) is 0 Å². The summed E-state index contributed by atoms with van der Waals surface area (Å²) in [5.41, 5.74) is 4.01. The number of rotatable bonds is 4. The summed E-state index contributed by atoms with van der Waals surface area (Å²) in [4.78, 5) is 0. The van der Waals surface area contributed by atoms with Gasteiger partial charge in [-0.2, -0.15) is 5.10 Å². The smallest absolute Gasteiger partial charge is 0.186 e. The standard InChI is InChI=1S/C12H17N3S/c1-3-13-12(16)15-14-9-10(2)11-7-5-4-6-8-11/h4-10H,3H2,1-2H3,(H2,13,15,16)/b14-9-/t10-/m1/s1. The van der Waals surface area contributed by atoms with Crippen LogP contribution in [-0.4, -0.2) is 17.9 Å². The third kappa shape index (κ3) is 4.40. The summed E-state index contributed by atoms with van der Waals surface area (Å²) in [5, 5.41) is 7.61. The average Bonchev–Trinajstić information content (AvgIpc) is 2.30. The molecule has 86 valence electrons. The first-order valence-corrected chi connectivity index (χ1v) is 5.76. The van der Waals surface area contributed by atoms with Gasteiger partial charge >= 0.3 is 0 Å². The van der Waals surface area contributed by atoms with Gasteiger partial charge in [-0.1, -0.05) is 37.3 Å². The average molecular weight is 235 g/mol. The highest BCUT2D eigenvalue weighted by molar-refractivity contribution is 7.80. The quantitative estimate of drug-likeness (QED) is 0.477. The Hall–Kier alpha value is -1.42. The lowest BCUT2D eigenvalue weighted by atomic mass is 10.0. The molecule has 0 spiro atoms. The molecular weight excluding hydrogens is 218 g/mol. The molecule has 0 fully saturated rings. The van der Waals surface area contributed by atoms with Crippen molar-refractivity contribution < 1.29 is 0 Å². The number of hydrazone groups is 1. The molecule has 0 saturated heterocycles. The van der Waals surface area contributed by atoms with E-state index in [9.17, 15) is 0 Å². The minimum absolute atomic E-state index is 0.276. The number of benzene rings is 1. The maximum atomic E-state index is 4.99. The zero-order valence-corrected chi connectivity index (χ0v) is 10.4. The van der Waals surface area contributed by atoms with E-state index in [-0.39, 0.29) is 5.92 Å². The van der Waals surface area contributed by atoms with Crippen LogP contribution in [-0.2, 0) is 0 Å². The number of nitrogens with one attached hydrogen (secondary N) is 2. The third-order valence-corrected chi connectivity index (χ3v) is 2.36. The molecule has 0 aliphatic carbocycles. The fourth-order valence-electron chi connectivity index (χ4n) is 1.25. The second-order valence-corrected chi connectivity index (χ2v) is 3.86. The summed E-state index contributed by atoms with van der Waals surface area (Å²) in [5.74, 6) is 0.276. The summed E-state index contributed by atoms with van der Waals surface area (Å²) in [6.07, 6.45) is 1.85. The van der Waals surface area contributed by atoms with Crippen molar-refractivity contribution >= 4 is 23.5 Å². The minimum Gasteiger partial charge on any atom is -0.362 e. The Bertz CT molecular complexity index is 349. The Morgan fingerprint density at radius 1 is 1.44 bits per heavy atom. The first-order chi connectivity index (χ1) is 7.74. The Labute approximate surface area is 102 Å². The van der Waals surface area contributed by atoms with Gasteiger partial charge in [0.05, 0.1) is 0 Å². The van der Waals surface area contributed by atoms with E-state index in [0.29, 0.717) is 5.11 Å². The van der Waals surface area contributed by atoms with Crippen LogP contribution >= 0.6 is 12.2 Å². The minimum atomic E-state index is 0.276. The maximum absolute atomic E-state index is 4.99. The van der Waals surface area contributed by atoms with E-state index in [1.54, 1.807) is 0 Å². The van der Waals surface area contributed by atoms with Gasteiger partial charge in [-0.25, -0.2) is 0 Å². The molecule has 1 aromatic carbocycles. The predicted octanol–water partition coefficient (Wildman–Crippen LogP) is 2.26. The second kappa shape index (κ2) is 6.95. The molecule has 2 N–H and O–H groups in total. The van der Waals surface area contributed by atoms with Gasteiger partial charge in [0.2, 0.25) is 0 Å². The van der Waals surface area contributed by atoms with Crippen LogP contribution < -0.4 is 10.7 Å². The molecule has 1 aromatic rings. The number of hydrogen-bond donors (Lipinski definition) is 2. The van der Waals surface area contributed by atoms with Crippen molar-refractivity contribution in [2.45, 2.75) is 19.8 Å². The molecule has 0 unspecified atom stereocenters. The van der Waals surface area contributed by atoms with E-state index in [1.807, 2.05) is 31.3 Å². The first kappa shape index (κ1) is 12.6. The lowest BCUT2D eigenvalue weighted by molar-refractivity contribution is 0.895.